The summed E-state index contributed by atoms with van der Waals surface area (Å²) in [7, 11) is 0. The number of nitrogens with zero attached hydrogens (tertiary/aromatic N) is 1. The second-order valence-electron chi connectivity index (χ2n) is 6.06. The summed E-state index contributed by atoms with van der Waals surface area (Å²) in [6, 6.07) is 12.7. The van der Waals surface area contributed by atoms with Crippen molar-refractivity contribution in [2.75, 3.05) is 11.1 Å². The number of hydrogen-bond acceptors (Lipinski definition) is 4. The summed E-state index contributed by atoms with van der Waals surface area (Å²) in [5.74, 6) is 0.504. The molecule has 1 amide bonds. The number of amidine groups is 1. The van der Waals surface area contributed by atoms with E-state index in [0.29, 0.717) is 11.8 Å². The van der Waals surface area contributed by atoms with Gasteiger partial charge in [0, 0.05) is 11.4 Å². The first-order valence-corrected chi connectivity index (χ1v) is 9.08. The van der Waals surface area contributed by atoms with Crippen LogP contribution in [0.5, 0.6) is 0 Å². The monoisotopic (exact) mass is 325 g/mol. The van der Waals surface area contributed by atoms with E-state index in [-0.39, 0.29) is 5.91 Å². The Bertz CT molecular complexity index is 776. The highest BCUT2D eigenvalue weighted by Gasteiger charge is 2.19. The Morgan fingerprint density at radius 1 is 1.22 bits per heavy atom. The average molecular weight is 325 g/mol. The molecular weight excluding hydrogens is 306 g/mol. The van der Waals surface area contributed by atoms with Gasteiger partial charge in [-0.25, -0.2) is 4.99 Å². The highest BCUT2D eigenvalue weighted by molar-refractivity contribution is 8.14. The number of anilines is 1. The van der Waals surface area contributed by atoms with Gasteiger partial charge in [-0.2, -0.15) is 0 Å². The van der Waals surface area contributed by atoms with Crippen molar-refractivity contribution in [2.24, 2.45) is 4.99 Å². The first-order chi connectivity index (χ1) is 11.3. The van der Waals surface area contributed by atoms with E-state index in [2.05, 4.69) is 33.8 Å². The first-order valence-electron chi connectivity index (χ1n) is 8.09. The number of amides is 1. The van der Waals surface area contributed by atoms with E-state index in [1.807, 2.05) is 18.2 Å². The van der Waals surface area contributed by atoms with Crippen LogP contribution in [0.2, 0.25) is 0 Å². The molecule has 1 aliphatic heterocycles. The summed E-state index contributed by atoms with van der Waals surface area (Å²) in [6.45, 7) is 0. The molecule has 2 aromatic carbocycles. The fourth-order valence-electron chi connectivity index (χ4n) is 3.31. The Morgan fingerprint density at radius 3 is 2.83 bits per heavy atom. The zero-order valence-electron chi connectivity index (χ0n) is 12.8. The molecule has 0 radical (unpaired) electrons. The quantitative estimate of drug-likeness (QED) is 0.895. The minimum atomic E-state index is 0.100. The van der Waals surface area contributed by atoms with E-state index in [1.54, 1.807) is 0 Å². The van der Waals surface area contributed by atoms with Crippen LogP contribution in [-0.2, 0) is 4.79 Å². The molecule has 0 unspecified atom stereocenters. The molecule has 0 spiro atoms. The fraction of sp³-hybridized carbons (Fsp3) is 0.333. The third-order valence-electron chi connectivity index (χ3n) is 4.41. The number of thioether (sulfide) groups is 1. The van der Waals surface area contributed by atoms with Gasteiger partial charge in [0.15, 0.2) is 5.17 Å². The van der Waals surface area contributed by atoms with Gasteiger partial charge in [-0.1, -0.05) is 48.9 Å². The van der Waals surface area contributed by atoms with Gasteiger partial charge in [0.05, 0.1) is 17.1 Å². The van der Waals surface area contributed by atoms with Gasteiger partial charge < -0.3 is 10.6 Å². The molecule has 0 atom stereocenters. The molecule has 5 heteroatoms. The molecule has 118 valence electrons. The van der Waals surface area contributed by atoms with E-state index >= 15 is 0 Å². The van der Waals surface area contributed by atoms with Crippen molar-refractivity contribution in [1.29, 1.82) is 0 Å². The van der Waals surface area contributed by atoms with Crippen LogP contribution in [-0.4, -0.2) is 22.9 Å². The molecule has 23 heavy (non-hydrogen) atoms. The maximum Gasteiger partial charge on any atom is 0.230 e. The zero-order valence-corrected chi connectivity index (χ0v) is 13.7. The second-order valence-corrected chi connectivity index (χ2v) is 7.02. The summed E-state index contributed by atoms with van der Waals surface area (Å²) in [6.07, 6.45) is 4.69. The summed E-state index contributed by atoms with van der Waals surface area (Å²) < 4.78 is 0. The first kappa shape index (κ1) is 14.6. The maximum atomic E-state index is 12.1. The van der Waals surface area contributed by atoms with E-state index in [9.17, 15) is 4.79 Å². The van der Waals surface area contributed by atoms with Crippen molar-refractivity contribution in [1.82, 2.24) is 5.32 Å². The van der Waals surface area contributed by atoms with Crippen LogP contribution in [0, 0.1) is 0 Å². The van der Waals surface area contributed by atoms with Gasteiger partial charge in [0.25, 0.3) is 0 Å². The fourth-order valence-corrected chi connectivity index (χ4v) is 4.01. The Kier molecular flexibility index (Phi) is 3.95. The lowest BCUT2D eigenvalue weighted by Gasteiger charge is -2.18. The number of carbonyl (C=O) groups excluding carboxylic acids is 1. The van der Waals surface area contributed by atoms with E-state index in [1.165, 1.54) is 30.0 Å². The Balaban J connectivity index is 1.45. The average Bonchev–Trinajstić information content (AvgIpc) is 3.06. The van der Waals surface area contributed by atoms with Crippen LogP contribution in [0.1, 0.15) is 25.7 Å². The lowest BCUT2D eigenvalue weighted by atomic mass is 10.1. The van der Waals surface area contributed by atoms with Crippen LogP contribution in [0.15, 0.2) is 41.4 Å². The number of nitrogens with one attached hydrogen (secondary N) is 2. The summed E-state index contributed by atoms with van der Waals surface area (Å²) in [5.41, 5.74) is 2.03. The molecule has 1 fully saturated rings. The topological polar surface area (TPSA) is 53.5 Å². The van der Waals surface area contributed by atoms with E-state index in [0.717, 1.165) is 34.8 Å². The number of benzene rings is 2. The molecular formula is C18H19N3OS. The van der Waals surface area contributed by atoms with E-state index in [4.69, 9.17) is 0 Å². The van der Waals surface area contributed by atoms with Crippen LogP contribution in [0.4, 0.5) is 11.4 Å². The Morgan fingerprint density at radius 2 is 2.00 bits per heavy atom. The Labute approximate surface area is 139 Å². The van der Waals surface area contributed by atoms with Crippen LogP contribution < -0.4 is 10.6 Å². The van der Waals surface area contributed by atoms with Crippen molar-refractivity contribution in [3.63, 3.8) is 0 Å². The highest BCUT2D eigenvalue weighted by Crippen LogP contribution is 2.36. The standard InChI is InChI=1S/C18H19N3OS/c22-16(19-13-7-1-2-8-13)11-23-18-20-14-9-3-5-12-6-4-10-15(21-18)17(12)14/h3-6,9-10,13H,1-2,7-8,11H2,(H,19,22)(H,20,21). The number of hydrogen-bond donors (Lipinski definition) is 2. The summed E-state index contributed by atoms with van der Waals surface area (Å²) >= 11 is 1.46. The third kappa shape index (κ3) is 3.06. The van der Waals surface area contributed by atoms with Gasteiger partial charge in [-0.15, -0.1) is 0 Å². The van der Waals surface area contributed by atoms with Gasteiger partial charge in [0.1, 0.15) is 0 Å². The van der Waals surface area contributed by atoms with Gasteiger partial charge in [-0.3, -0.25) is 4.79 Å². The molecule has 2 aromatic rings. The van der Waals surface area contributed by atoms with E-state index < -0.39 is 0 Å². The van der Waals surface area contributed by atoms with Crippen molar-refractivity contribution in [3.05, 3.63) is 36.4 Å². The molecule has 0 bridgehead atoms. The minimum absolute atomic E-state index is 0.100. The van der Waals surface area contributed by atoms with Crippen molar-refractivity contribution in [3.8, 4) is 0 Å². The molecule has 1 heterocycles. The largest absolute Gasteiger partial charge is 0.353 e. The van der Waals surface area contributed by atoms with Crippen molar-refractivity contribution >= 4 is 45.0 Å². The number of aliphatic imine (C=N–C) groups is 1. The van der Waals surface area contributed by atoms with Gasteiger partial charge >= 0.3 is 0 Å². The number of carbonyl (C=O) groups is 1. The summed E-state index contributed by atoms with van der Waals surface area (Å²) in [5, 5.41) is 9.58. The molecule has 2 N–H and O–H groups in total. The summed E-state index contributed by atoms with van der Waals surface area (Å²) in [4.78, 5) is 16.7. The predicted molar refractivity (Wildman–Crippen MR) is 97.5 cm³/mol. The van der Waals surface area contributed by atoms with Crippen LogP contribution in [0.25, 0.3) is 10.8 Å². The lowest BCUT2D eigenvalue weighted by Crippen LogP contribution is -2.34. The maximum absolute atomic E-state index is 12.1. The third-order valence-corrected chi connectivity index (χ3v) is 5.28. The van der Waals surface area contributed by atoms with Crippen LogP contribution in [0.3, 0.4) is 0 Å². The molecule has 1 saturated carbocycles. The molecule has 1 aliphatic carbocycles. The zero-order chi connectivity index (χ0) is 15.6. The predicted octanol–water partition coefficient (Wildman–Crippen LogP) is 4.04. The molecule has 2 aliphatic rings. The van der Waals surface area contributed by atoms with Gasteiger partial charge in [-0.05, 0) is 30.4 Å². The Hall–Kier alpha value is -2.01. The molecule has 4 rings (SSSR count). The smallest absolute Gasteiger partial charge is 0.230 e. The van der Waals surface area contributed by atoms with Crippen LogP contribution >= 0.6 is 11.8 Å². The van der Waals surface area contributed by atoms with Gasteiger partial charge in [0.2, 0.25) is 5.91 Å². The van der Waals surface area contributed by atoms with Crippen molar-refractivity contribution in [2.45, 2.75) is 31.7 Å². The minimum Gasteiger partial charge on any atom is -0.353 e. The molecule has 0 aromatic heterocycles. The second kappa shape index (κ2) is 6.24. The number of rotatable bonds is 3. The molecule has 0 saturated heterocycles. The normalized spacial score (nSPS) is 17.0. The van der Waals surface area contributed by atoms with Crippen molar-refractivity contribution < 1.29 is 4.79 Å². The molecule has 4 nitrogen and oxygen atoms in total. The lowest BCUT2D eigenvalue weighted by molar-refractivity contribution is -0.119. The highest BCUT2D eigenvalue weighted by atomic mass is 32.2. The SMILES string of the molecule is O=C(CSC1=Nc2cccc3cccc(c23)N1)NC1CCCC1.